The predicted octanol–water partition coefficient (Wildman–Crippen LogP) is 2.41. The highest BCUT2D eigenvalue weighted by Gasteiger charge is 2.38. The number of methoxy groups -OCH3 is 1. The molecule has 78 valence electrons. The first-order chi connectivity index (χ1) is 5.88. The summed E-state index contributed by atoms with van der Waals surface area (Å²) in [6.07, 6.45) is -4.50. The second kappa shape index (κ2) is 5.59. The molecule has 0 radical (unpaired) electrons. The minimum absolute atomic E-state index is 0.000347. The monoisotopic (exact) mass is 236 g/mol. The van der Waals surface area contributed by atoms with E-state index in [1.807, 2.05) is 0 Å². The van der Waals surface area contributed by atoms with Crippen LogP contribution in [0, 0.1) is 0 Å². The Kier molecular flexibility index (Phi) is 5.55. The first-order valence-electron chi connectivity index (χ1n) is 3.27. The molecule has 0 fully saturated rings. The summed E-state index contributed by atoms with van der Waals surface area (Å²) in [6.45, 7) is 0. The molecule has 0 bridgehead atoms. The largest absolute Gasteiger partial charge is 0.469 e. The number of halogens is 4. The molecule has 0 spiro atoms. The van der Waals surface area contributed by atoms with Crippen LogP contribution in [0.15, 0.2) is 0 Å². The molecule has 0 rings (SSSR count). The molecule has 7 heteroatoms. The Balaban J connectivity index is 3.60. The van der Waals surface area contributed by atoms with Gasteiger partial charge in [0.15, 0.2) is 4.71 Å². The molecule has 2 nitrogen and oxygen atoms in total. The fourth-order valence-electron chi connectivity index (χ4n) is 0.442. The molecule has 0 saturated carbocycles. The Morgan fingerprint density at radius 3 is 2.54 bits per heavy atom. The van der Waals surface area contributed by atoms with Gasteiger partial charge in [0.1, 0.15) is 0 Å². The lowest BCUT2D eigenvalue weighted by Crippen LogP contribution is -2.20. The van der Waals surface area contributed by atoms with Crippen LogP contribution < -0.4 is 0 Å². The summed E-state index contributed by atoms with van der Waals surface area (Å²) in [6, 6.07) is 0. The molecule has 1 atom stereocenters. The molecule has 0 unspecified atom stereocenters. The lowest BCUT2D eigenvalue weighted by molar-refractivity contribution is -0.140. The van der Waals surface area contributed by atoms with Crippen LogP contribution >= 0.6 is 23.4 Å². The maximum absolute atomic E-state index is 11.8. The van der Waals surface area contributed by atoms with Gasteiger partial charge in [0.2, 0.25) is 0 Å². The van der Waals surface area contributed by atoms with Crippen molar-refractivity contribution in [3.05, 3.63) is 0 Å². The van der Waals surface area contributed by atoms with Crippen LogP contribution in [-0.4, -0.2) is 29.7 Å². The van der Waals surface area contributed by atoms with Crippen LogP contribution in [0.2, 0.25) is 0 Å². The number of ether oxygens (including phenoxy) is 1. The zero-order chi connectivity index (χ0) is 10.5. The molecule has 0 saturated heterocycles. The maximum atomic E-state index is 11.8. The van der Waals surface area contributed by atoms with Crippen molar-refractivity contribution >= 4 is 29.3 Å². The van der Waals surface area contributed by atoms with Gasteiger partial charge in [0, 0.05) is 5.75 Å². The second-order valence-corrected chi connectivity index (χ2v) is 3.96. The summed E-state index contributed by atoms with van der Waals surface area (Å²) < 4.78 is 37.6. The van der Waals surface area contributed by atoms with Crippen molar-refractivity contribution in [2.45, 2.75) is 17.3 Å². The van der Waals surface area contributed by atoms with Crippen LogP contribution in [0.25, 0.3) is 0 Å². The number of esters is 1. The van der Waals surface area contributed by atoms with Gasteiger partial charge in [-0.3, -0.25) is 4.79 Å². The molecule has 0 heterocycles. The van der Waals surface area contributed by atoms with E-state index in [4.69, 9.17) is 11.6 Å². The topological polar surface area (TPSA) is 26.3 Å². The van der Waals surface area contributed by atoms with Gasteiger partial charge < -0.3 is 4.74 Å². The zero-order valence-electron chi connectivity index (χ0n) is 6.73. The number of hydrogen-bond acceptors (Lipinski definition) is 3. The van der Waals surface area contributed by atoms with Gasteiger partial charge in [0.05, 0.1) is 13.5 Å². The highest BCUT2D eigenvalue weighted by molar-refractivity contribution is 8.01. The third kappa shape index (κ3) is 6.04. The lowest BCUT2D eigenvalue weighted by Gasteiger charge is -2.11. The minimum Gasteiger partial charge on any atom is -0.469 e. The van der Waals surface area contributed by atoms with Gasteiger partial charge in [-0.2, -0.15) is 13.2 Å². The number of carbonyl (C=O) groups is 1. The highest BCUT2D eigenvalue weighted by atomic mass is 35.5. The third-order valence-electron chi connectivity index (χ3n) is 1.06. The molecule has 0 aliphatic heterocycles. The van der Waals surface area contributed by atoms with Crippen molar-refractivity contribution in [3.8, 4) is 0 Å². The predicted molar refractivity (Wildman–Crippen MR) is 44.8 cm³/mol. The Labute approximate surface area is 82.8 Å². The van der Waals surface area contributed by atoms with Gasteiger partial charge in [-0.15, -0.1) is 23.4 Å². The summed E-state index contributed by atoms with van der Waals surface area (Å²) in [5, 5.41) is 0. The van der Waals surface area contributed by atoms with E-state index in [-0.39, 0.29) is 12.2 Å². The normalized spacial score (nSPS) is 13.9. The van der Waals surface area contributed by atoms with Gasteiger partial charge in [-0.1, -0.05) is 0 Å². The summed E-state index contributed by atoms with van der Waals surface area (Å²) in [4.78, 5) is 10.5. The zero-order valence-corrected chi connectivity index (χ0v) is 8.30. The molecule has 0 amide bonds. The lowest BCUT2D eigenvalue weighted by atomic mass is 10.5. The second-order valence-electron chi connectivity index (χ2n) is 2.05. The van der Waals surface area contributed by atoms with Gasteiger partial charge in [-0.05, 0) is 0 Å². The van der Waals surface area contributed by atoms with E-state index in [0.29, 0.717) is 11.8 Å². The number of hydrogen-bond donors (Lipinski definition) is 0. The number of thioether (sulfide) groups is 1. The fraction of sp³-hybridized carbons (Fsp3) is 0.833. The van der Waals surface area contributed by atoms with Gasteiger partial charge in [-0.25, -0.2) is 0 Å². The molecule has 0 aromatic carbocycles. The Morgan fingerprint density at radius 2 is 2.15 bits per heavy atom. The van der Waals surface area contributed by atoms with Crippen molar-refractivity contribution in [1.29, 1.82) is 0 Å². The van der Waals surface area contributed by atoms with Crippen molar-refractivity contribution in [3.63, 3.8) is 0 Å². The van der Waals surface area contributed by atoms with Crippen LogP contribution in [0.3, 0.4) is 0 Å². The Morgan fingerprint density at radius 1 is 1.62 bits per heavy atom. The van der Waals surface area contributed by atoms with E-state index in [0.717, 1.165) is 0 Å². The SMILES string of the molecule is COC(=O)CCS[C@@H](Cl)C(F)(F)F. The van der Waals surface area contributed by atoms with E-state index in [1.54, 1.807) is 0 Å². The number of carbonyl (C=O) groups excluding carboxylic acids is 1. The molecule has 0 aromatic rings. The summed E-state index contributed by atoms with van der Waals surface area (Å²) >= 11 is 5.44. The first-order valence-corrected chi connectivity index (χ1v) is 4.75. The molecule has 0 N–H and O–H groups in total. The Bertz CT molecular complexity index is 174. The average molecular weight is 237 g/mol. The summed E-state index contributed by atoms with van der Waals surface area (Å²) in [7, 11) is 1.18. The highest BCUT2D eigenvalue weighted by Crippen LogP contribution is 2.33. The quantitative estimate of drug-likeness (QED) is 0.554. The first kappa shape index (κ1) is 12.9. The minimum atomic E-state index is -4.43. The molecular weight excluding hydrogens is 229 g/mol. The third-order valence-corrected chi connectivity index (χ3v) is 2.68. The van der Waals surface area contributed by atoms with Crippen molar-refractivity contribution < 1.29 is 22.7 Å². The van der Waals surface area contributed by atoms with Crippen molar-refractivity contribution in [2.75, 3.05) is 12.9 Å². The van der Waals surface area contributed by atoms with Crippen LogP contribution in [0.1, 0.15) is 6.42 Å². The van der Waals surface area contributed by atoms with Crippen LogP contribution in [0.5, 0.6) is 0 Å². The summed E-state index contributed by atoms with van der Waals surface area (Å²) in [5.41, 5.74) is 0. The summed E-state index contributed by atoms with van der Waals surface area (Å²) in [5.74, 6) is -0.543. The molecule has 0 aliphatic carbocycles. The molecule has 0 aliphatic rings. The van der Waals surface area contributed by atoms with E-state index in [1.165, 1.54) is 7.11 Å². The van der Waals surface area contributed by atoms with E-state index in [2.05, 4.69) is 4.74 Å². The van der Waals surface area contributed by atoms with E-state index >= 15 is 0 Å². The van der Waals surface area contributed by atoms with Gasteiger partial charge >= 0.3 is 12.1 Å². The average Bonchev–Trinajstić information content (AvgIpc) is 2.02. The number of rotatable bonds is 4. The standard InChI is InChI=1S/C6H8ClF3O2S/c1-12-4(11)2-3-13-5(7)6(8,9)10/h5H,2-3H2,1H3/t5-/m1/s1. The van der Waals surface area contributed by atoms with E-state index in [9.17, 15) is 18.0 Å². The van der Waals surface area contributed by atoms with E-state index < -0.39 is 16.9 Å². The fourth-order valence-corrected chi connectivity index (χ4v) is 1.39. The van der Waals surface area contributed by atoms with Crippen molar-refractivity contribution in [2.24, 2.45) is 0 Å². The molecule has 13 heavy (non-hydrogen) atoms. The van der Waals surface area contributed by atoms with Crippen molar-refractivity contribution in [1.82, 2.24) is 0 Å². The molecular formula is C6H8ClF3O2S. The maximum Gasteiger partial charge on any atom is 0.413 e. The smallest absolute Gasteiger partial charge is 0.413 e. The Hall–Kier alpha value is -0.100. The van der Waals surface area contributed by atoms with Crippen LogP contribution in [0.4, 0.5) is 13.2 Å². The van der Waals surface area contributed by atoms with Gasteiger partial charge in [0.25, 0.3) is 0 Å². The number of alkyl halides is 4. The van der Waals surface area contributed by atoms with Crippen LogP contribution in [-0.2, 0) is 9.53 Å². The molecule has 0 aromatic heterocycles.